The number of likely N-dealkylation sites (tertiary alicyclic amines) is 1. The molecule has 1 aromatic rings. The quantitative estimate of drug-likeness (QED) is 0.871. The molecule has 0 aliphatic carbocycles. The van der Waals surface area contributed by atoms with Gasteiger partial charge in [-0.2, -0.15) is 0 Å². The van der Waals surface area contributed by atoms with Crippen LogP contribution in [0.4, 0.5) is 5.69 Å². The summed E-state index contributed by atoms with van der Waals surface area (Å²) in [6.45, 7) is 6.40. The van der Waals surface area contributed by atoms with E-state index in [0.29, 0.717) is 6.42 Å². The van der Waals surface area contributed by atoms with Crippen LogP contribution >= 0.6 is 0 Å². The Labute approximate surface area is 131 Å². The lowest BCUT2D eigenvalue weighted by Crippen LogP contribution is -2.39. The zero-order valence-corrected chi connectivity index (χ0v) is 13.4. The SMILES string of the molecule is Cc1ccc(C)c(NC(=O)CCN2CCC(C(N)=O)CC2)c1. The van der Waals surface area contributed by atoms with Crippen LogP contribution in [0.2, 0.25) is 0 Å². The van der Waals surface area contributed by atoms with Gasteiger partial charge in [-0.15, -0.1) is 0 Å². The minimum Gasteiger partial charge on any atom is -0.369 e. The van der Waals surface area contributed by atoms with Gasteiger partial charge in [0, 0.05) is 24.6 Å². The molecule has 2 rings (SSSR count). The highest BCUT2D eigenvalue weighted by Gasteiger charge is 2.23. The summed E-state index contributed by atoms with van der Waals surface area (Å²) in [6.07, 6.45) is 2.07. The molecule has 0 atom stereocenters. The summed E-state index contributed by atoms with van der Waals surface area (Å²) < 4.78 is 0. The van der Waals surface area contributed by atoms with E-state index in [1.165, 1.54) is 0 Å². The van der Waals surface area contributed by atoms with Crippen molar-refractivity contribution in [1.29, 1.82) is 0 Å². The largest absolute Gasteiger partial charge is 0.369 e. The molecule has 0 unspecified atom stereocenters. The van der Waals surface area contributed by atoms with Crippen molar-refractivity contribution in [2.45, 2.75) is 33.1 Å². The number of benzene rings is 1. The topological polar surface area (TPSA) is 75.4 Å². The van der Waals surface area contributed by atoms with Gasteiger partial charge in [0.15, 0.2) is 0 Å². The van der Waals surface area contributed by atoms with Crippen LogP contribution in [0.1, 0.15) is 30.4 Å². The van der Waals surface area contributed by atoms with Crippen LogP contribution in [0.5, 0.6) is 0 Å². The third kappa shape index (κ3) is 4.56. The summed E-state index contributed by atoms with van der Waals surface area (Å²) in [5, 5.41) is 2.98. The summed E-state index contributed by atoms with van der Waals surface area (Å²) >= 11 is 0. The highest BCUT2D eigenvalue weighted by Crippen LogP contribution is 2.18. The van der Waals surface area contributed by atoms with E-state index in [9.17, 15) is 9.59 Å². The Morgan fingerprint density at radius 1 is 1.27 bits per heavy atom. The summed E-state index contributed by atoms with van der Waals surface area (Å²) in [5.41, 5.74) is 8.42. The fourth-order valence-electron chi connectivity index (χ4n) is 2.78. The monoisotopic (exact) mass is 303 g/mol. The van der Waals surface area contributed by atoms with Gasteiger partial charge in [0.05, 0.1) is 0 Å². The summed E-state index contributed by atoms with van der Waals surface area (Å²) in [7, 11) is 0. The van der Waals surface area contributed by atoms with Crippen LogP contribution in [0.15, 0.2) is 18.2 Å². The first-order valence-corrected chi connectivity index (χ1v) is 7.84. The number of nitrogens with zero attached hydrogens (tertiary/aromatic N) is 1. The lowest BCUT2D eigenvalue weighted by Gasteiger charge is -2.30. The van der Waals surface area contributed by atoms with Crippen LogP contribution in [-0.2, 0) is 9.59 Å². The first-order chi connectivity index (χ1) is 10.5. The van der Waals surface area contributed by atoms with Crippen molar-refractivity contribution in [2.75, 3.05) is 25.0 Å². The van der Waals surface area contributed by atoms with E-state index in [1.54, 1.807) is 0 Å². The van der Waals surface area contributed by atoms with Gasteiger partial charge in [-0.1, -0.05) is 12.1 Å². The van der Waals surface area contributed by atoms with Crippen molar-refractivity contribution in [1.82, 2.24) is 4.90 Å². The maximum absolute atomic E-state index is 12.1. The van der Waals surface area contributed by atoms with Gasteiger partial charge in [0.1, 0.15) is 0 Å². The Morgan fingerprint density at radius 3 is 2.59 bits per heavy atom. The molecule has 5 heteroatoms. The number of primary amides is 1. The summed E-state index contributed by atoms with van der Waals surface area (Å²) in [6, 6.07) is 6.04. The van der Waals surface area contributed by atoms with Crippen LogP contribution < -0.4 is 11.1 Å². The van der Waals surface area contributed by atoms with Crippen molar-refractivity contribution in [3.05, 3.63) is 29.3 Å². The smallest absolute Gasteiger partial charge is 0.225 e. The number of amides is 2. The van der Waals surface area contributed by atoms with Gasteiger partial charge in [0.2, 0.25) is 11.8 Å². The van der Waals surface area contributed by atoms with Crippen LogP contribution in [0.3, 0.4) is 0 Å². The van der Waals surface area contributed by atoms with E-state index in [2.05, 4.69) is 10.2 Å². The number of hydrogen-bond donors (Lipinski definition) is 2. The maximum atomic E-state index is 12.1. The lowest BCUT2D eigenvalue weighted by atomic mass is 9.96. The molecule has 0 saturated carbocycles. The minimum absolute atomic E-state index is 0.0000186. The number of rotatable bonds is 5. The normalized spacial score (nSPS) is 16.5. The van der Waals surface area contributed by atoms with Crippen LogP contribution in [0, 0.1) is 19.8 Å². The van der Waals surface area contributed by atoms with Gasteiger partial charge in [-0.05, 0) is 57.0 Å². The van der Waals surface area contributed by atoms with E-state index in [0.717, 1.165) is 49.3 Å². The number of piperidine rings is 1. The molecular formula is C17H25N3O2. The van der Waals surface area contributed by atoms with Gasteiger partial charge < -0.3 is 16.0 Å². The number of nitrogens with two attached hydrogens (primary N) is 1. The Kier molecular flexibility index (Phi) is 5.55. The second-order valence-electron chi connectivity index (χ2n) is 6.13. The van der Waals surface area contributed by atoms with Crippen molar-refractivity contribution in [3.8, 4) is 0 Å². The third-order valence-electron chi connectivity index (χ3n) is 4.31. The Hall–Kier alpha value is -1.88. The first-order valence-electron chi connectivity index (χ1n) is 7.84. The van der Waals surface area contributed by atoms with Gasteiger partial charge >= 0.3 is 0 Å². The first kappa shape index (κ1) is 16.5. The van der Waals surface area contributed by atoms with Crippen molar-refractivity contribution >= 4 is 17.5 Å². The van der Waals surface area contributed by atoms with Crippen molar-refractivity contribution < 1.29 is 9.59 Å². The van der Waals surface area contributed by atoms with E-state index in [-0.39, 0.29) is 17.7 Å². The number of hydrogen-bond acceptors (Lipinski definition) is 3. The highest BCUT2D eigenvalue weighted by atomic mass is 16.2. The molecule has 120 valence electrons. The van der Waals surface area contributed by atoms with E-state index >= 15 is 0 Å². The molecule has 0 radical (unpaired) electrons. The van der Waals surface area contributed by atoms with Crippen molar-refractivity contribution in [3.63, 3.8) is 0 Å². The molecule has 0 aromatic heterocycles. The third-order valence-corrected chi connectivity index (χ3v) is 4.31. The minimum atomic E-state index is -0.202. The number of nitrogens with one attached hydrogen (secondary N) is 1. The van der Waals surface area contributed by atoms with Gasteiger partial charge in [0.25, 0.3) is 0 Å². The van der Waals surface area contributed by atoms with Gasteiger partial charge in [-0.25, -0.2) is 0 Å². The Balaban J connectivity index is 1.77. The Bertz CT molecular complexity index is 549. The lowest BCUT2D eigenvalue weighted by molar-refractivity contribution is -0.123. The highest BCUT2D eigenvalue weighted by molar-refractivity contribution is 5.91. The number of anilines is 1. The second-order valence-corrected chi connectivity index (χ2v) is 6.13. The standard InChI is InChI=1S/C17H25N3O2/c1-12-3-4-13(2)15(11-12)19-16(21)7-10-20-8-5-14(6-9-20)17(18)22/h3-4,11,14H,5-10H2,1-2H3,(H2,18,22)(H,19,21). The number of aryl methyl sites for hydroxylation is 2. The molecule has 3 N–H and O–H groups in total. The second kappa shape index (κ2) is 7.40. The fourth-order valence-corrected chi connectivity index (χ4v) is 2.78. The zero-order valence-electron chi connectivity index (χ0n) is 13.4. The van der Waals surface area contributed by atoms with Crippen LogP contribution in [0.25, 0.3) is 0 Å². The van der Waals surface area contributed by atoms with Crippen molar-refractivity contribution in [2.24, 2.45) is 11.7 Å². The maximum Gasteiger partial charge on any atom is 0.225 e. The fraction of sp³-hybridized carbons (Fsp3) is 0.529. The molecule has 1 aromatic carbocycles. The number of carbonyl (C=O) groups is 2. The molecule has 0 spiro atoms. The molecule has 2 amide bonds. The molecule has 0 bridgehead atoms. The molecule has 1 saturated heterocycles. The molecule has 5 nitrogen and oxygen atoms in total. The number of carbonyl (C=O) groups excluding carboxylic acids is 2. The molecule has 1 aliphatic rings. The molecule has 1 heterocycles. The summed E-state index contributed by atoms with van der Waals surface area (Å²) in [5.74, 6) is -0.168. The van der Waals surface area contributed by atoms with Crippen LogP contribution in [-0.4, -0.2) is 36.3 Å². The predicted octanol–water partition coefficient (Wildman–Crippen LogP) is 1.83. The van der Waals surface area contributed by atoms with E-state index < -0.39 is 0 Å². The average molecular weight is 303 g/mol. The Morgan fingerprint density at radius 2 is 1.95 bits per heavy atom. The molecule has 1 aliphatic heterocycles. The molecule has 22 heavy (non-hydrogen) atoms. The van der Waals surface area contributed by atoms with E-state index in [4.69, 9.17) is 5.73 Å². The summed E-state index contributed by atoms with van der Waals surface area (Å²) in [4.78, 5) is 25.4. The van der Waals surface area contributed by atoms with Gasteiger partial charge in [-0.3, -0.25) is 9.59 Å². The molecule has 1 fully saturated rings. The molecular weight excluding hydrogens is 278 g/mol. The zero-order chi connectivity index (χ0) is 16.1. The van der Waals surface area contributed by atoms with E-state index in [1.807, 2.05) is 32.0 Å². The average Bonchev–Trinajstić information content (AvgIpc) is 2.49. The predicted molar refractivity (Wildman–Crippen MR) is 87.5 cm³/mol.